The van der Waals surface area contributed by atoms with E-state index >= 15 is 0 Å². The Morgan fingerprint density at radius 2 is 1.91 bits per heavy atom. The average molecular weight is 357 g/mol. The van der Waals surface area contributed by atoms with Crippen molar-refractivity contribution in [2.45, 2.75) is 6.61 Å². The predicted molar refractivity (Wildman–Crippen MR) is 86.0 cm³/mol. The minimum atomic E-state index is -0.584. The largest absolute Gasteiger partial charge is 0.474 e. The smallest absolute Gasteiger partial charge is 0.330 e. The van der Waals surface area contributed by atoms with Crippen LogP contribution in [-0.2, 0) is 16.1 Å². The molecule has 1 saturated heterocycles. The second kappa shape index (κ2) is 7.26. The first kappa shape index (κ1) is 17.0. The lowest BCUT2D eigenvalue weighted by Crippen LogP contribution is -2.31. The van der Waals surface area contributed by atoms with Crippen LogP contribution in [0, 0.1) is 0 Å². The van der Waals surface area contributed by atoms with Gasteiger partial charge in [0, 0.05) is 21.7 Å². The summed E-state index contributed by atoms with van der Waals surface area (Å²) in [5.74, 6) is -0.307. The second-order valence-corrected chi connectivity index (χ2v) is 5.40. The fourth-order valence-corrected chi connectivity index (χ4v) is 2.29. The van der Waals surface area contributed by atoms with Gasteiger partial charge in [0.05, 0.1) is 0 Å². The van der Waals surface area contributed by atoms with E-state index in [0.717, 1.165) is 4.90 Å². The van der Waals surface area contributed by atoms with E-state index in [4.69, 9.17) is 39.4 Å². The van der Waals surface area contributed by atoms with Crippen molar-refractivity contribution in [1.82, 2.24) is 10.2 Å². The van der Waals surface area contributed by atoms with E-state index in [1.807, 2.05) is 0 Å². The van der Waals surface area contributed by atoms with E-state index in [2.05, 4.69) is 5.32 Å². The molecule has 0 atom stereocenters. The van der Waals surface area contributed by atoms with Crippen molar-refractivity contribution in [3.8, 4) is 0 Å². The van der Waals surface area contributed by atoms with Crippen LogP contribution in [0.5, 0.6) is 0 Å². The van der Waals surface area contributed by atoms with Gasteiger partial charge in [-0.1, -0.05) is 29.3 Å². The van der Waals surface area contributed by atoms with Gasteiger partial charge in [0.15, 0.2) is 5.88 Å². The zero-order valence-corrected chi connectivity index (χ0v) is 13.4. The Hall–Kier alpha value is -2.38. The molecule has 3 amide bonds. The van der Waals surface area contributed by atoms with Crippen LogP contribution < -0.4 is 16.8 Å². The van der Waals surface area contributed by atoms with Crippen molar-refractivity contribution in [1.29, 1.82) is 0 Å². The summed E-state index contributed by atoms with van der Waals surface area (Å²) in [6, 6.07) is 4.51. The molecule has 0 unspecified atom stereocenters. The molecule has 9 heteroatoms. The van der Waals surface area contributed by atoms with Gasteiger partial charge in [-0.25, -0.2) is 4.79 Å². The number of hydrogen-bond donors (Lipinski definition) is 3. The fraction of sp³-hybridized carbons (Fsp3) is 0.143. The SMILES string of the molecule is N/C(=C\C=C(/N)N1CC(=O)NC1=O)OCc1c(Cl)cccc1Cl. The molecule has 0 saturated carbocycles. The molecule has 1 aliphatic rings. The number of nitrogens with one attached hydrogen (secondary N) is 1. The summed E-state index contributed by atoms with van der Waals surface area (Å²) in [6.45, 7) is -0.0533. The summed E-state index contributed by atoms with van der Waals surface area (Å²) >= 11 is 12.0. The van der Waals surface area contributed by atoms with Gasteiger partial charge in [-0.15, -0.1) is 0 Å². The Morgan fingerprint density at radius 3 is 2.48 bits per heavy atom. The molecule has 1 fully saturated rings. The lowest BCUT2D eigenvalue weighted by molar-refractivity contribution is -0.118. The number of ether oxygens (including phenoxy) is 1. The maximum absolute atomic E-state index is 11.4. The number of carbonyl (C=O) groups is 2. The molecule has 122 valence electrons. The Labute approximate surface area is 142 Å². The number of urea groups is 1. The van der Waals surface area contributed by atoms with Crippen molar-refractivity contribution in [2.75, 3.05) is 6.54 Å². The first-order chi connectivity index (χ1) is 10.9. The van der Waals surface area contributed by atoms with Gasteiger partial charge in [-0.2, -0.15) is 0 Å². The van der Waals surface area contributed by atoms with Crippen LogP contribution in [0.15, 0.2) is 42.1 Å². The van der Waals surface area contributed by atoms with Gasteiger partial charge >= 0.3 is 6.03 Å². The Kier molecular flexibility index (Phi) is 5.36. The Bertz CT molecular complexity index is 683. The molecule has 2 rings (SSSR count). The maximum Gasteiger partial charge on any atom is 0.330 e. The second-order valence-electron chi connectivity index (χ2n) is 4.59. The van der Waals surface area contributed by atoms with Crippen molar-refractivity contribution >= 4 is 35.1 Å². The van der Waals surface area contributed by atoms with Crippen LogP contribution in [-0.4, -0.2) is 23.4 Å². The van der Waals surface area contributed by atoms with Gasteiger partial charge in [0.25, 0.3) is 0 Å². The molecular weight excluding hydrogens is 343 g/mol. The van der Waals surface area contributed by atoms with Crippen molar-refractivity contribution in [2.24, 2.45) is 11.5 Å². The van der Waals surface area contributed by atoms with Crippen LogP contribution in [0.3, 0.4) is 0 Å². The number of allylic oxidation sites excluding steroid dienone is 2. The van der Waals surface area contributed by atoms with E-state index in [-0.39, 0.29) is 24.9 Å². The number of hydrogen-bond acceptors (Lipinski definition) is 5. The summed E-state index contributed by atoms with van der Waals surface area (Å²) in [5, 5.41) is 3.04. The van der Waals surface area contributed by atoms with Crippen LogP contribution in [0.2, 0.25) is 10.0 Å². The third-order valence-corrected chi connectivity index (χ3v) is 3.68. The highest BCUT2D eigenvalue weighted by atomic mass is 35.5. The number of rotatable bonds is 5. The maximum atomic E-state index is 11.4. The number of nitrogens with zero attached hydrogens (tertiary/aromatic N) is 1. The number of nitrogens with two attached hydrogens (primary N) is 2. The van der Waals surface area contributed by atoms with Crippen LogP contribution in [0.1, 0.15) is 5.56 Å². The van der Waals surface area contributed by atoms with Gasteiger partial charge in [-0.3, -0.25) is 15.0 Å². The first-order valence-electron chi connectivity index (χ1n) is 6.48. The predicted octanol–water partition coefficient (Wildman–Crippen LogP) is 1.66. The number of amides is 3. The molecule has 23 heavy (non-hydrogen) atoms. The topological polar surface area (TPSA) is 111 Å². The average Bonchev–Trinajstić information content (AvgIpc) is 2.83. The molecule has 1 aromatic carbocycles. The van der Waals surface area contributed by atoms with Crippen molar-refractivity contribution < 1.29 is 14.3 Å². The lowest BCUT2D eigenvalue weighted by Gasteiger charge is -2.12. The van der Waals surface area contributed by atoms with Crippen LogP contribution >= 0.6 is 23.2 Å². The van der Waals surface area contributed by atoms with Gasteiger partial charge in [0.2, 0.25) is 5.91 Å². The molecule has 0 aliphatic carbocycles. The van der Waals surface area contributed by atoms with E-state index < -0.39 is 11.9 Å². The van der Waals surface area contributed by atoms with E-state index in [1.54, 1.807) is 18.2 Å². The van der Waals surface area contributed by atoms with E-state index in [1.165, 1.54) is 12.2 Å². The third kappa shape index (κ3) is 4.30. The molecule has 5 N–H and O–H groups in total. The molecule has 1 aliphatic heterocycles. The summed E-state index contributed by atoms with van der Waals surface area (Å²) in [6.07, 6.45) is 2.73. The highest BCUT2D eigenvalue weighted by Gasteiger charge is 2.27. The Balaban J connectivity index is 1.99. The zero-order valence-electron chi connectivity index (χ0n) is 11.9. The molecule has 0 bridgehead atoms. The minimum Gasteiger partial charge on any atom is -0.474 e. The third-order valence-electron chi connectivity index (χ3n) is 2.97. The molecule has 1 heterocycles. The van der Waals surface area contributed by atoms with E-state index in [0.29, 0.717) is 15.6 Å². The van der Waals surface area contributed by atoms with Crippen LogP contribution in [0.4, 0.5) is 4.79 Å². The molecule has 0 radical (unpaired) electrons. The van der Waals surface area contributed by atoms with Crippen molar-refractivity contribution in [3.05, 3.63) is 57.7 Å². The normalized spacial score (nSPS) is 15.8. The molecule has 1 aromatic rings. The number of halogens is 2. The minimum absolute atomic E-state index is 0.0508. The quantitative estimate of drug-likeness (QED) is 0.422. The lowest BCUT2D eigenvalue weighted by atomic mass is 10.2. The zero-order chi connectivity index (χ0) is 17.0. The molecule has 0 spiro atoms. The monoisotopic (exact) mass is 356 g/mol. The van der Waals surface area contributed by atoms with E-state index in [9.17, 15) is 9.59 Å². The molecule has 7 nitrogen and oxygen atoms in total. The number of benzene rings is 1. The summed E-state index contributed by atoms with van der Waals surface area (Å²) in [7, 11) is 0. The fourth-order valence-electron chi connectivity index (χ4n) is 1.78. The molecule has 0 aromatic heterocycles. The molecular formula is C14H14Cl2N4O3. The van der Waals surface area contributed by atoms with Crippen molar-refractivity contribution in [3.63, 3.8) is 0 Å². The highest BCUT2D eigenvalue weighted by molar-refractivity contribution is 6.35. The summed E-state index contributed by atoms with van der Waals surface area (Å²) < 4.78 is 5.33. The number of imide groups is 1. The Morgan fingerprint density at radius 1 is 1.26 bits per heavy atom. The highest BCUT2D eigenvalue weighted by Crippen LogP contribution is 2.25. The summed E-state index contributed by atoms with van der Waals surface area (Å²) in [5.41, 5.74) is 12.0. The first-order valence-corrected chi connectivity index (χ1v) is 7.24. The van der Waals surface area contributed by atoms with Gasteiger partial charge < -0.3 is 16.2 Å². The van der Waals surface area contributed by atoms with Gasteiger partial charge in [-0.05, 0) is 18.2 Å². The van der Waals surface area contributed by atoms with Crippen LogP contribution in [0.25, 0.3) is 0 Å². The number of carbonyl (C=O) groups excluding carboxylic acids is 2. The summed E-state index contributed by atoms with van der Waals surface area (Å²) in [4.78, 5) is 23.6. The van der Waals surface area contributed by atoms with Gasteiger partial charge in [0.1, 0.15) is 19.0 Å². The standard InChI is InChI=1S/C14H14Cl2N4O3/c15-9-2-1-3-10(16)8(9)7-23-12(18)5-4-11(17)20-6-13(21)19-14(20)22/h1-5H,6-7,17-18H2,(H,19,21,22)/b11-4+,12-5+.